The normalized spacial score (nSPS) is 16.7. The molecule has 1 saturated heterocycles. The van der Waals surface area contributed by atoms with Gasteiger partial charge in [-0.1, -0.05) is 30.3 Å². The Morgan fingerprint density at radius 2 is 1.83 bits per heavy atom. The summed E-state index contributed by atoms with van der Waals surface area (Å²) in [6.07, 6.45) is 0.573. The van der Waals surface area contributed by atoms with Crippen molar-refractivity contribution in [3.8, 4) is 0 Å². The zero-order chi connectivity index (χ0) is 17.3. The number of carbonyl (C=O) groups is 2. The molecule has 1 aliphatic heterocycles. The third-order valence-corrected chi connectivity index (χ3v) is 4.02. The average molecular weight is 325 g/mol. The Balaban J connectivity index is 1.89. The predicted octanol–water partition coefficient (Wildman–Crippen LogP) is 2.73. The number of benzene rings is 2. The standard InChI is InChI=1S/C19H16FNO3/c1-21-11-16(18(23)19(21)24)17(22)14-4-2-3-13(10-14)9-12-5-7-15(20)8-6-12/h2-8,10,22H,9,11H2,1H3/b17-16+. The topological polar surface area (TPSA) is 57.6 Å². The van der Waals surface area contributed by atoms with Crippen LogP contribution < -0.4 is 0 Å². The third kappa shape index (κ3) is 3.06. The lowest BCUT2D eigenvalue weighted by molar-refractivity contribution is -0.138. The molecule has 5 heteroatoms. The number of aliphatic hydroxyl groups excluding tert-OH is 1. The molecule has 1 aliphatic rings. The number of rotatable bonds is 3. The SMILES string of the molecule is CN1C/C(=C(\O)c2cccc(Cc3ccc(F)cc3)c2)C(=O)C1=O. The summed E-state index contributed by atoms with van der Waals surface area (Å²) in [7, 11) is 1.52. The molecule has 0 unspecified atom stereocenters. The smallest absolute Gasteiger partial charge is 0.294 e. The third-order valence-electron chi connectivity index (χ3n) is 4.02. The Morgan fingerprint density at radius 3 is 2.46 bits per heavy atom. The van der Waals surface area contributed by atoms with Crippen LogP contribution in [0.5, 0.6) is 0 Å². The van der Waals surface area contributed by atoms with E-state index < -0.39 is 11.7 Å². The summed E-state index contributed by atoms with van der Waals surface area (Å²) >= 11 is 0. The number of carbonyl (C=O) groups excluding carboxylic acids is 2. The molecule has 1 N–H and O–H groups in total. The van der Waals surface area contributed by atoms with Crippen LogP contribution in [0.1, 0.15) is 16.7 Å². The maximum absolute atomic E-state index is 13.0. The van der Waals surface area contributed by atoms with Crippen molar-refractivity contribution in [2.24, 2.45) is 0 Å². The lowest BCUT2D eigenvalue weighted by Crippen LogP contribution is -2.22. The van der Waals surface area contributed by atoms with Gasteiger partial charge in [0.1, 0.15) is 11.6 Å². The van der Waals surface area contributed by atoms with Crippen LogP contribution in [0.3, 0.4) is 0 Å². The van der Waals surface area contributed by atoms with E-state index in [0.29, 0.717) is 12.0 Å². The van der Waals surface area contributed by atoms with Crippen molar-refractivity contribution in [1.29, 1.82) is 0 Å². The van der Waals surface area contributed by atoms with Crippen LogP contribution in [-0.2, 0) is 16.0 Å². The van der Waals surface area contributed by atoms with Gasteiger partial charge in [0.05, 0.1) is 12.1 Å². The summed E-state index contributed by atoms with van der Waals surface area (Å²) in [4.78, 5) is 24.8. The van der Waals surface area contributed by atoms with Gasteiger partial charge in [0, 0.05) is 12.6 Å². The largest absolute Gasteiger partial charge is 0.507 e. The fourth-order valence-corrected chi connectivity index (χ4v) is 2.71. The van der Waals surface area contributed by atoms with Gasteiger partial charge in [-0.3, -0.25) is 9.59 Å². The van der Waals surface area contributed by atoms with Crippen molar-refractivity contribution in [3.05, 3.63) is 76.6 Å². The Kier molecular flexibility index (Phi) is 4.16. The molecule has 0 radical (unpaired) electrons. The number of Topliss-reactive ketones (excluding diaryl/α,β-unsaturated/α-hetero) is 1. The number of ketones is 1. The van der Waals surface area contributed by atoms with Gasteiger partial charge < -0.3 is 10.0 Å². The van der Waals surface area contributed by atoms with E-state index in [1.54, 1.807) is 30.3 Å². The highest BCUT2D eigenvalue weighted by molar-refractivity contribution is 6.46. The molecule has 4 nitrogen and oxygen atoms in total. The molecule has 2 aromatic carbocycles. The molecule has 0 aliphatic carbocycles. The van der Waals surface area contributed by atoms with E-state index in [9.17, 15) is 19.1 Å². The molecule has 1 amide bonds. The first-order chi connectivity index (χ1) is 11.5. The molecule has 0 aromatic heterocycles. The summed E-state index contributed by atoms with van der Waals surface area (Å²) in [5.74, 6) is -1.74. The second-order valence-electron chi connectivity index (χ2n) is 5.82. The van der Waals surface area contributed by atoms with Crippen LogP contribution in [0, 0.1) is 5.82 Å². The summed E-state index contributed by atoms with van der Waals surface area (Å²) < 4.78 is 13.0. The first-order valence-electron chi connectivity index (χ1n) is 7.51. The molecule has 24 heavy (non-hydrogen) atoms. The van der Waals surface area contributed by atoms with Crippen LogP contribution >= 0.6 is 0 Å². The number of amides is 1. The number of hydrogen-bond acceptors (Lipinski definition) is 3. The molecule has 0 saturated carbocycles. The Labute approximate surface area is 138 Å². The summed E-state index contributed by atoms with van der Waals surface area (Å²) in [5, 5.41) is 10.4. The molecule has 1 heterocycles. The molecule has 122 valence electrons. The number of nitrogens with zero attached hydrogens (tertiary/aromatic N) is 1. The van der Waals surface area contributed by atoms with Gasteiger partial charge in [-0.25, -0.2) is 4.39 Å². The lowest BCUT2D eigenvalue weighted by atomic mass is 10.00. The lowest BCUT2D eigenvalue weighted by Gasteiger charge is -2.08. The van der Waals surface area contributed by atoms with E-state index in [4.69, 9.17) is 0 Å². The summed E-state index contributed by atoms with van der Waals surface area (Å²) in [5.41, 5.74) is 2.45. The molecule has 2 aromatic rings. The van der Waals surface area contributed by atoms with E-state index >= 15 is 0 Å². The molecule has 3 rings (SSSR count). The van der Waals surface area contributed by atoms with E-state index in [-0.39, 0.29) is 23.7 Å². The van der Waals surface area contributed by atoms with Crippen LogP contribution in [0.25, 0.3) is 5.76 Å². The van der Waals surface area contributed by atoms with E-state index in [1.807, 2.05) is 6.07 Å². The van der Waals surface area contributed by atoms with Crippen molar-refractivity contribution in [1.82, 2.24) is 4.90 Å². The fraction of sp³-hybridized carbons (Fsp3) is 0.158. The molecular weight excluding hydrogens is 309 g/mol. The molecule has 0 spiro atoms. The van der Waals surface area contributed by atoms with Crippen molar-refractivity contribution < 1.29 is 19.1 Å². The van der Waals surface area contributed by atoms with Gasteiger partial charge in [0.25, 0.3) is 11.7 Å². The maximum atomic E-state index is 13.0. The number of aliphatic hydroxyl groups is 1. The van der Waals surface area contributed by atoms with E-state index in [0.717, 1.165) is 11.1 Å². The summed E-state index contributed by atoms with van der Waals surface area (Å²) in [6.45, 7) is 0.103. The Morgan fingerprint density at radius 1 is 1.12 bits per heavy atom. The van der Waals surface area contributed by atoms with Crippen LogP contribution in [-0.4, -0.2) is 35.3 Å². The number of halogens is 1. The monoisotopic (exact) mass is 325 g/mol. The molecule has 1 fully saturated rings. The van der Waals surface area contributed by atoms with Crippen LogP contribution in [0.4, 0.5) is 4.39 Å². The number of likely N-dealkylation sites (N-methyl/N-ethyl adjacent to an activating group) is 1. The van der Waals surface area contributed by atoms with Crippen molar-refractivity contribution in [2.75, 3.05) is 13.6 Å². The minimum Gasteiger partial charge on any atom is -0.507 e. The van der Waals surface area contributed by atoms with Gasteiger partial charge in [-0.15, -0.1) is 0 Å². The van der Waals surface area contributed by atoms with E-state index in [2.05, 4.69) is 0 Å². The predicted molar refractivity (Wildman–Crippen MR) is 87.8 cm³/mol. The first kappa shape index (κ1) is 15.9. The zero-order valence-electron chi connectivity index (χ0n) is 13.1. The highest BCUT2D eigenvalue weighted by Gasteiger charge is 2.34. The fourth-order valence-electron chi connectivity index (χ4n) is 2.71. The van der Waals surface area contributed by atoms with Crippen molar-refractivity contribution in [3.63, 3.8) is 0 Å². The van der Waals surface area contributed by atoms with Gasteiger partial charge in [-0.05, 0) is 35.7 Å². The Bertz CT molecular complexity index is 840. The summed E-state index contributed by atoms with van der Waals surface area (Å²) in [6, 6.07) is 13.3. The van der Waals surface area contributed by atoms with E-state index in [1.165, 1.54) is 24.1 Å². The number of hydrogen-bond donors (Lipinski definition) is 1. The highest BCUT2D eigenvalue weighted by atomic mass is 19.1. The average Bonchev–Trinajstić information content (AvgIpc) is 2.84. The van der Waals surface area contributed by atoms with Crippen molar-refractivity contribution >= 4 is 17.4 Å². The second kappa shape index (κ2) is 6.28. The first-order valence-corrected chi connectivity index (χ1v) is 7.51. The maximum Gasteiger partial charge on any atom is 0.294 e. The molecule has 0 bridgehead atoms. The van der Waals surface area contributed by atoms with Crippen LogP contribution in [0.2, 0.25) is 0 Å². The van der Waals surface area contributed by atoms with Gasteiger partial charge in [-0.2, -0.15) is 0 Å². The number of likely N-dealkylation sites (tertiary alicyclic amines) is 1. The minimum absolute atomic E-state index is 0.103. The van der Waals surface area contributed by atoms with Gasteiger partial charge in [0.2, 0.25) is 0 Å². The quantitative estimate of drug-likeness (QED) is 0.536. The minimum atomic E-state index is -0.668. The Hall–Kier alpha value is -2.95. The highest BCUT2D eigenvalue weighted by Crippen LogP contribution is 2.23. The van der Waals surface area contributed by atoms with Gasteiger partial charge in [0.15, 0.2) is 0 Å². The van der Waals surface area contributed by atoms with Gasteiger partial charge >= 0.3 is 0 Å². The van der Waals surface area contributed by atoms with Crippen molar-refractivity contribution in [2.45, 2.75) is 6.42 Å². The van der Waals surface area contributed by atoms with Crippen LogP contribution in [0.15, 0.2) is 54.1 Å². The zero-order valence-corrected chi connectivity index (χ0v) is 13.1. The second-order valence-corrected chi connectivity index (χ2v) is 5.82. The molecular formula is C19H16FNO3. The molecule has 0 atom stereocenters.